The summed E-state index contributed by atoms with van der Waals surface area (Å²) in [6.07, 6.45) is 2.12. The molecule has 1 fully saturated rings. The van der Waals surface area contributed by atoms with E-state index in [2.05, 4.69) is 0 Å². The van der Waals surface area contributed by atoms with E-state index in [1.165, 1.54) is 0 Å². The number of likely N-dealkylation sites (tertiary alicyclic amines) is 1. The Kier molecular flexibility index (Phi) is 5.36. The minimum Gasteiger partial charge on any atom is -0.497 e. The van der Waals surface area contributed by atoms with E-state index in [1.807, 2.05) is 59.5 Å². The Labute approximate surface area is 143 Å². The smallest absolute Gasteiger partial charge is 0.253 e. The number of ether oxygens (including phenoxy) is 2. The number of amides is 1. The zero-order valence-corrected chi connectivity index (χ0v) is 14.0. The predicted molar refractivity (Wildman–Crippen MR) is 93.6 cm³/mol. The topological polar surface area (TPSA) is 38.8 Å². The summed E-state index contributed by atoms with van der Waals surface area (Å²) >= 11 is 0. The van der Waals surface area contributed by atoms with Crippen LogP contribution in [0.25, 0.3) is 0 Å². The number of benzene rings is 2. The molecule has 3 rings (SSSR count). The standard InChI is InChI=1S/C20H23NO3/c1-23-18-11-9-17(10-12-18)20(22)21-13-5-6-16(14-21)15-24-19-7-3-2-4-8-19/h2-4,7-12,16H,5-6,13-15H2,1H3. The minimum atomic E-state index is 0.0852. The first-order valence-corrected chi connectivity index (χ1v) is 8.37. The van der Waals surface area contributed by atoms with Crippen LogP contribution in [0.15, 0.2) is 54.6 Å². The largest absolute Gasteiger partial charge is 0.497 e. The summed E-state index contributed by atoms with van der Waals surface area (Å²) in [6, 6.07) is 17.1. The highest BCUT2D eigenvalue weighted by molar-refractivity contribution is 5.94. The van der Waals surface area contributed by atoms with Crippen molar-refractivity contribution in [3.05, 3.63) is 60.2 Å². The molecule has 1 unspecified atom stereocenters. The molecule has 0 spiro atoms. The van der Waals surface area contributed by atoms with E-state index in [9.17, 15) is 4.79 Å². The number of hydrogen-bond acceptors (Lipinski definition) is 3. The van der Waals surface area contributed by atoms with Gasteiger partial charge in [-0.2, -0.15) is 0 Å². The normalized spacial score (nSPS) is 17.4. The van der Waals surface area contributed by atoms with Crippen LogP contribution < -0.4 is 9.47 Å². The van der Waals surface area contributed by atoms with Gasteiger partial charge in [-0.05, 0) is 49.2 Å². The van der Waals surface area contributed by atoms with Gasteiger partial charge < -0.3 is 14.4 Å². The monoisotopic (exact) mass is 325 g/mol. The minimum absolute atomic E-state index is 0.0852. The summed E-state index contributed by atoms with van der Waals surface area (Å²) in [5.74, 6) is 2.11. The molecule has 1 heterocycles. The second-order valence-corrected chi connectivity index (χ2v) is 6.11. The Morgan fingerprint density at radius 3 is 2.54 bits per heavy atom. The van der Waals surface area contributed by atoms with Crippen molar-refractivity contribution in [1.82, 2.24) is 4.90 Å². The maximum atomic E-state index is 12.7. The molecular weight excluding hydrogens is 302 g/mol. The lowest BCUT2D eigenvalue weighted by Crippen LogP contribution is -2.41. The molecule has 2 aromatic rings. The zero-order valence-electron chi connectivity index (χ0n) is 14.0. The van der Waals surface area contributed by atoms with Crippen molar-refractivity contribution in [2.45, 2.75) is 12.8 Å². The molecule has 1 aliphatic rings. The third-order valence-corrected chi connectivity index (χ3v) is 4.37. The molecular formula is C20H23NO3. The van der Waals surface area contributed by atoms with E-state index >= 15 is 0 Å². The van der Waals surface area contributed by atoms with Crippen molar-refractivity contribution >= 4 is 5.91 Å². The summed E-state index contributed by atoms with van der Waals surface area (Å²) in [5.41, 5.74) is 0.709. The molecule has 1 aliphatic heterocycles. The molecule has 1 saturated heterocycles. The Morgan fingerprint density at radius 1 is 1.08 bits per heavy atom. The molecule has 4 nitrogen and oxygen atoms in total. The molecule has 0 bridgehead atoms. The number of carbonyl (C=O) groups is 1. The molecule has 1 atom stereocenters. The van der Waals surface area contributed by atoms with Crippen molar-refractivity contribution in [2.24, 2.45) is 5.92 Å². The molecule has 0 N–H and O–H groups in total. The molecule has 24 heavy (non-hydrogen) atoms. The average molecular weight is 325 g/mol. The van der Waals surface area contributed by atoms with E-state index in [-0.39, 0.29) is 5.91 Å². The number of piperidine rings is 1. The second kappa shape index (κ2) is 7.86. The Morgan fingerprint density at radius 2 is 1.83 bits per heavy atom. The zero-order chi connectivity index (χ0) is 16.8. The predicted octanol–water partition coefficient (Wildman–Crippen LogP) is 3.63. The molecule has 126 valence electrons. The summed E-state index contributed by atoms with van der Waals surface area (Å²) in [4.78, 5) is 14.6. The second-order valence-electron chi connectivity index (χ2n) is 6.11. The van der Waals surface area contributed by atoms with E-state index in [0.717, 1.165) is 37.4 Å². The van der Waals surface area contributed by atoms with Gasteiger partial charge in [-0.15, -0.1) is 0 Å². The number of methoxy groups -OCH3 is 1. The van der Waals surface area contributed by atoms with Crippen molar-refractivity contribution in [3.63, 3.8) is 0 Å². The fourth-order valence-electron chi connectivity index (χ4n) is 3.03. The van der Waals surface area contributed by atoms with Crippen LogP contribution in [0.3, 0.4) is 0 Å². The van der Waals surface area contributed by atoms with Gasteiger partial charge in [0.05, 0.1) is 13.7 Å². The van der Waals surface area contributed by atoms with Gasteiger partial charge in [0.25, 0.3) is 5.91 Å². The van der Waals surface area contributed by atoms with Crippen molar-refractivity contribution in [2.75, 3.05) is 26.8 Å². The lowest BCUT2D eigenvalue weighted by molar-refractivity contribution is 0.0633. The lowest BCUT2D eigenvalue weighted by Gasteiger charge is -2.32. The summed E-state index contributed by atoms with van der Waals surface area (Å²) < 4.78 is 11.0. The Balaban J connectivity index is 1.57. The van der Waals surface area contributed by atoms with Crippen LogP contribution in [0.1, 0.15) is 23.2 Å². The van der Waals surface area contributed by atoms with Gasteiger partial charge >= 0.3 is 0 Å². The van der Waals surface area contributed by atoms with Crippen molar-refractivity contribution in [1.29, 1.82) is 0 Å². The third kappa shape index (κ3) is 4.07. The molecule has 0 saturated carbocycles. The van der Waals surface area contributed by atoms with E-state index < -0.39 is 0 Å². The molecule has 0 radical (unpaired) electrons. The fourth-order valence-corrected chi connectivity index (χ4v) is 3.03. The first-order valence-electron chi connectivity index (χ1n) is 8.37. The van der Waals surface area contributed by atoms with Crippen LogP contribution in [0, 0.1) is 5.92 Å². The molecule has 0 aromatic heterocycles. The quantitative estimate of drug-likeness (QED) is 0.843. The maximum Gasteiger partial charge on any atom is 0.253 e. The Hall–Kier alpha value is -2.49. The number of hydrogen-bond donors (Lipinski definition) is 0. The third-order valence-electron chi connectivity index (χ3n) is 4.37. The highest BCUT2D eigenvalue weighted by Crippen LogP contribution is 2.21. The van der Waals surface area contributed by atoms with E-state index in [0.29, 0.717) is 18.1 Å². The van der Waals surface area contributed by atoms with Gasteiger partial charge in [-0.3, -0.25) is 4.79 Å². The van der Waals surface area contributed by atoms with Gasteiger partial charge in [0, 0.05) is 24.6 Å². The summed E-state index contributed by atoms with van der Waals surface area (Å²) in [5, 5.41) is 0. The van der Waals surface area contributed by atoms with Gasteiger partial charge in [-0.1, -0.05) is 18.2 Å². The average Bonchev–Trinajstić information content (AvgIpc) is 2.67. The van der Waals surface area contributed by atoms with Gasteiger partial charge in [-0.25, -0.2) is 0 Å². The van der Waals surface area contributed by atoms with Crippen LogP contribution in [-0.4, -0.2) is 37.6 Å². The number of nitrogens with zero attached hydrogens (tertiary/aromatic N) is 1. The first-order chi connectivity index (χ1) is 11.8. The van der Waals surface area contributed by atoms with Gasteiger partial charge in [0.1, 0.15) is 11.5 Å². The van der Waals surface area contributed by atoms with Crippen LogP contribution in [0.5, 0.6) is 11.5 Å². The first kappa shape index (κ1) is 16.4. The maximum absolute atomic E-state index is 12.7. The summed E-state index contributed by atoms with van der Waals surface area (Å²) in [6.45, 7) is 2.21. The van der Waals surface area contributed by atoms with Gasteiger partial charge in [0.15, 0.2) is 0 Å². The summed E-state index contributed by atoms with van der Waals surface area (Å²) in [7, 11) is 1.62. The van der Waals surface area contributed by atoms with Crippen LogP contribution >= 0.6 is 0 Å². The van der Waals surface area contributed by atoms with Crippen molar-refractivity contribution in [3.8, 4) is 11.5 Å². The lowest BCUT2D eigenvalue weighted by atomic mass is 9.98. The fraction of sp³-hybridized carbons (Fsp3) is 0.350. The SMILES string of the molecule is COc1ccc(C(=O)N2CCCC(COc3ccccc3)C2)cc1. The highest BCUT2D eigenvalue weighted by Gasteiger charge is 2.25. The van der Waals surface area contributed by atoms with Crippen LogP contribution in [0.2, 0.25) is 0 Å². The Bertz CT molecular complexity index is 654. The number of rotatable bonds is 5. The highest BCUT2D eigenvalue weighted by atomic mass is 16.5. The molecule has 2 aromatic carbocycles. The van der Waals surface area contributed by atoms with E-state index in [4.69, 9.17) is 9.47 Å². The van der Waals surface area contributed by atoms with Gasteiger partial charge in [0.2, 0.25) is 0 Å². The van der Waals surface area contributed by atoms with Crippen LogP contribution in [0.4, 0.5) is 0 Å². The van der Waals surface area contributed by atoms with Crippen molar-refractivity contribution < 1.29 is 14.3 Å². The van der Waals surface area contributed by atoms with E-state index in [1.54, 1.807) is 7.11 Å². The molecule has 4 heteroatoms. The molecule has 0 aliphatic carbocycles. The number of para-hydroxylation sites is 1. The van der Waals surface area contributed by atoms with Crippen LogP contribution in [-0.2, 0) is 0 Å². The molecule has 1 amide bonds. The number of carbonyl (C=O) groups excluding carboxylic acids is 1.